The molecule has 0 aliphatic rings. The van der Waals surface area contributed by atoms with E-state index in [4.69, 9.17) is 10.8 Å². The second kappa shape index (κ2) is 2.77. The largest absolute Gasteiger partial charge is 0.478 e. The summed E-state index contributed by atoms with van der Waals surface area (Å²) in [6, 6.07) is 3.48. The zero-order chi connectivity index (χ0) is 10.3. The number of hydrogen-bond donors (Lipinski definition) is 2. The molecule has 0 spiro atoms. The first-order valence-corrected chi connectivity index (χ1v) is 4.19. The van der Waals surface area contributed by atoms with Crippen LogP contribution in [0, 0.1) is 6.92 Å². The van der Waals surface area contributed by atoms with Crippen molar-refractivity contribution in [3.05, 3.63) is 35.7 Å². The normalized spacial score (nSPS) is 10.6. The van der Waals surface area contributed by atoms with Gasteiger partial charge in [-0.25, -0.2) is 4.79 Å². The molecule has 2 aromatic heterocycles. The van der Waals surface area contributed by atoms with Crippen LogP contribution in [0.1, 0.15) is 15.9 Å². The Kier molecular flexibility index (Phi) is 1.70. The van der Waals surface area contributed by atoms with Crippen LogP contribution in [0.15, 0.2) is 24.5 Å². The van der Waals surface area contributed by atoms with Crippen molar-refractivity contribution >= 4 is 17.2 Å². The third kappa shape index (κ3) is 1.21. The van der Waals surface area contributed by atoms with E-state index >= 15 is 0 Å². The minimum atomic E-state index is -0.926. The van der Waals surface area contributed by atoms with Crippen LogP contribution >= 0.6 is 0 Å². The predicted molar refractivity (Wildman–Crippen MR) is 53.5 cm³/mol. The summed E-state index contributed by atoms with van der Waals surface area (Å²) in [4.78, 5) is 10.7. The lowest BCUT2D eigenvalue weighted by Crippen LogP contribution is -1.93. The van der Waals surface area contributed by atoms with Gasteiger partial charge in [0.15, 0.2) is 0 Å². The van der Waals surface area contributed by atoms with E-state index in [-0.39, 0.29) is 5.56 Å². The maximum Gasteiger partial charge on any atom is 0.337 e. The van der Waals surface area contributed by atoms with Gasteiger partial charge >= 0.3 is 5.97 Å². The van der Waals surface area contributed by atoms with Crippen molar-refractivity contribution in [3.8, 4) is 0 Å². The Bertz CT molecular complexity index is 475. The quantitative estimate of drug-likeness (QED) is 0.716. The lowest BCUT2D eigenvalue weighted by molar-refractivity contribution is 0.0697. The van der Waals surface area contributed by atoms with Crippen LogP contribution in [-0.2, 0) is 0 Å². The molecule has 0 amide bonds. The Morgan fingerprint density at radius 1 is 1.43 bits per heavy atom. The van der Waals surface area contributed by atoms with Crippen LogP contribution in [0.25, 0.3) is 5.52 Å². The van der Waals surface area contributed by atoms with Gasteiger partial charge in [0, 0.05) is 17.9 Å². The topological polar surface area (TPSA) is 67.7 Å². The van der Waals surface area contributed by atoms with Gasteiger partial charge in [0.05, 0.1) is 11.3 Å². The van der Waals surface area contributed by atoms with Gasteiger partial charge in [-0.3, -0.25) is 0 Å². The van der Waals surface area contributed by atoms with Gasteiger partial charge in [0.1, 0.15) is 0 Å². The van der Waals surface area contributed by atoms with Gasteiger partial charge < -0.3 is 15.2 Å². The molecule has 0 saturated carbocycles. The number of carboxylic acids is 1. The molecular formula is C10H10N2O2. The molecule has 2 rings (SSSR count). The second-order valence-corrected chi connectivity index (χ2v) is 3.28. The highest BCUT2D eigenvalue weighted by atomic mass is 16.4. The number of aromatic carboxylic acids is 1. The summed E-state index contributed by atoms with van der Waals surface area (Å²) < 4.78 is 1.71. The molecule has 0 aromatic carbocycles. The van der Waals surface area contributed by atoms with E-state index in [1.165, 1.54) is 0 Å². The third-order valence-electron chi connectivity index (χ3n) is 2.22. The molecule has 4 heteroatoms. The Hall–Kier alpha value is -1.97. The van der Waals surface area contributed by atoms with Crippen LogP contribution in [-0.4, -0.2) is 15.5 Å². The standard InChI is InChI=1S/C10H10N2O2/c1-6-2-8-3-7(10(13)14)4-12(8)5-9(6)11/h2-5H,11H2,1H3,(H,13,14). The molecule has 0 fully saturated rings. The number of aromatic nitrogens is 1. The summed E-state index contributed by atoms with van der Waals surface area (Å²) in [5.41, 5.74) is 8.43. The summed E-state index contributed by atoms with van der Waals surface area (Å²) in [5.74, 6) is -0.926. The first-order valence-electron chi connectivity index (χ1n) is 4.19. The average molecular weight is 190 g/mol. The van der Waals surface area contributed by atoms with E-state index < -0.39 is 5.97 Å². The molecule has 0 radical (unpaired) electrons. The van der Waals surface area contributed by atoms with Gasteiger partial charge in [-0.15, -0.1) is 0 Å². The third-order valence-corrected chi connectivity index (χ3v) is 2.22. The maximum atomic E-state index is 10.7. The molecular weight excluding hydrogens is 180 g/mol. The van der Waals surface area contributed by atoms with E-state index in [0.717, 1.165) is 11.1 Å². The van der Waals surface area contributed by atoms with Crippen LogP contribution < -0.4 is 5.73 Å². The molecule has 0 aliphatic heterocycles. The number of nitrogens with zero attached hydrogens (tertiary/aromatic N) is 1. The Morgan fingerprint density at radius 2 is 2.14 bits per heavy atom. The van der Waals surface area contributed by atoms with Crippen molar-refractivity contribution in [2.24, 2.45) is 0 Å². The Morgan fingerprint density at radius 3 is 2.79 bits per heavy atom. The number of aryl methyl sites for hydroxylation is 1. The number of rotatable bonds is 1. The van der Waals surface area contributed by atoms with Gasteiger partial charge in [-0.2, -0.15) is 0 Å². The first kappa shape index (κ1) is 8.62. The first-order chi connectivity index (χ1) is 6.58. The number of nitrogens with two attached hydrogens (primary N) is 1. The van der Waals surface area contributed by atoms with Crippen LogP contribution in [0.3, 0.4) is 0 Å². The molecule has 0 saturated heterocycles. The lowest BCUT2D eigenvalue weighted by Gasteiger charge is -2.00. The number of fused-ring (bicyclic) bond motifs is 1. The molecule has 0 unspecified atom stereocenters. The summed E-state index contributed by atoms with van der Waals surface area (Å²) in [5, 5.41) is 8.78. The number of carboxylic acid groups (broad SMARTS) is 1. The fraction of sp³-hybridized carbons (Fsp3) is 0.100. The van der Waals surface area contributed by atoms with Gasteiger partial charge in [0.25, 0.3) is 0 Å². The number of hydrogen-bond acceptors (Lipinski definition) is 2. The fourth-order valence-electron chi connectivity index (χ4n) is 1.40. The molecule has 4 nitrogen and oxygen atoms in total. The molecule has 14 heavy (non-hydrogen) atoms. The molecule has 2 aromatic rings. The summed E-state index contributed by atoms with van der Waals surface area (Å²) in [7, 11) is 0. The Labute approximate surface area is 80.6 Å². The van der Waals surface area contributed by atoms with Crippen molar-refractivity contribution in [2.45, 2.75) is 6.92 Å². The summed E-state index contributed by atoms with van der Waals surface area (Å²) in [6.45, 7) is 1.89. The number of anilines is 1. The summed E-state index contributed by atoms with van der Waals surface area (Å²) in [6.07, 6.45) is 3.27. The second-order valence-electron chi connectivity index (χ2n) is 3.28. The number of pyridine rings is 1. The van der Waals surface area contributed by atoms with Gasteiger partial charge in [-0.05, 0) is 24.6 Å². The minimum Gasteiger partial charge on any atom is -0.478 e. The number of nitrogen functional groups attached to an aromatic ring is 1. The van der Waals surface area contributed by atoms with Crippen LogP contribution in [0.5, 0.6) is 0 Å². The highest BCUT2D eigenvalue weighted by Crippen LogP contribution is 2.16. The van der Waals surface area contributed by atoms with Gasteiger partial charge in [0.2, 0.25) is 0 Å². The maximum absolute atomic E-state index is 10.7. The van der Waals surface area contributed by atoms with Crippen molar-refractivity contribution in [1.82, 2.24) is 4.40 Å². The van der Waals surface area contributed by atoms with Crippen LogP contribution in [0.2, 0.25) is 0 Å². The van der Waals surface area contributed by atoms with Crippen LogP contribution in [0.4, 0.5) is 5.69 Å². The van der Waals surface area contributed by atoms with Crippen molar-refractivity contribution in [3.63, 3.8) is 0 Å². The number of carbonyl (C=O) groups is 1. The highest BCUT2D eigenvalue weighted by molar-refractivity contribution is 5.89. The summed E-state index contributed by atoms with van der Waals surface area (Å²) >= 11 is 0. The molecule has 0 bridgehead atoms. The SMILES string of the molecule is Cc1cc2cc(C(=O)O)cn2cc1N. The molecule has 0 atom stereocenters. The molecule has 2 heterocycles. The van der Waals surface area contributed by atoms with Crippen molar-refractivity contribution in [2.75, 3.05) is 5.73 Å². The van der Waals surface area contributed by atoms with Crippen molar-refractivity contribution < 1.29 is 9.90 Å². The van der Waals surface area contributed by atoms with E-state index in [0.29, 0.717) is 5.69 Å². The lowest BCUT2D eigenvalue weighted by atomic mass is 10.2. The zero-order valence-electron chi connectivity index (χ0n) is 7.69. The molecule has 0 aliphatic carbocycles. The minimum absolute atomic E-state index is 0.273. The smallest absolute Gasteiger partial charge is 0.337 e. The molecule has 3 N–H and O–H groups in total. The van der Waals surface area contributed by atoms with E-state index in [2.05, 4.69) is 0 Å². The predicted octanol–water partition coefficient (Wildman–Crippen LogP) is 1.53. The zero-order valence-corrected chi connectivity index (χ0v) is 7.69. The van der Waals surface area contributed by atoms with E-state index in [9.17, 15) is 4.79 Å². The van der Waals surface area contributed by atoms with E-state index in [1.807, 2.05) is 13.0 Å². The Balaban J connectivity index is 2.72. The fourth-order valence-corrected chi connectivity index (χ4v) is 1.40. The van der Waals surface area contributed by atoms with Gasteiger partial charge in [-0.1, -0.05) is 0 Å². The highest BCUT2D eigenvalue weighted by Gasteiger charge is 2.07. The monoisotopic (exact) mass is 190 g/mol. The molecule has 72 valence electrons. The average Bonchev–Trinajstić information content (AvgIpc) is 2.48. The van der Waals surface area contributed by atoms with Crippen molar-refractivity contribution in [1.29, 1.82) is 0 Å². The van der Waals surface area contributed by atoms with E-state index in [1.54, 1.807) is 22.9 Å².